The quantitative estimate of drug-likeness (QED) is 0.429. The van der Waals surface area contributed by atoms with Gasteiger partial charge in [-0.15, -0.1) is 0 Å². The van der Waals surface area contributed by atoms with Crippen molar-refractivity contribution in [3.8, 4) is 0 Å². The van der Waals surface area contributed by atoms with E-state index in [4.69, 9.17) is 4.42 Å². The molecule has 0 fully saturated rings. The standard InChI is InChI=1S/C25H25FN2O2/c1-18-13-14-21(30-18)15-27-25(29)12-6-8-19-16-28(24-11-5-3-9-22(19)24)17-20-7-2-4-10-23(20)26/h2-5,7,9-11,13-14,16H,6,8,12,15,17H2,1H3,(H,27,29). The number of hydrogen-bond donors (Lipinski definition) is 1. The van der Waals surface area contributed by atoms with E-state index in [1.165, 1.54) is 11.6 Å². The second kappa shape index (κ2) is 8.99. The van der Waals surface area contributed by atoms with Crippen LogP contribution < -0.4 is 5.32 Å². The zero-order chi connectivity index (χ0) is 20.9. The van der Waals surface area contributed by atoms with Crippen LogP contribution in [0, 0.1) is 12.7 Å². The Labute approximate surface area is 175 Å². The minimum atomic E-state index is -0.194. The fourth-order valence-electron chi connectivity index (χ4n) is 3.76. The molecule has 2 aromatic carbocycles. The maximum atomic E-state index is 14.1. The molecule has 0 saturated carbocycles. The van der Waals surface area contributed by atoms with Crippen LogP contribution in [0.5, 0.6) is 0 Å². The molecule has 1 N–H and O–H groups in total. The lowest BCUT2D eigenvalue weighted by Crippen LogP contribution is -2.22. The van der Waals surface area contributed by atoms with Crippen molar-refractivity contribution in [2.45, 2.75) is 39.3 Å². The van der Waals surface area contributed by atoms with Gasteiger partial charge in [-0.3, -0.25) is 4.79 Å². The summed E-state index contributed by atoms with van der Waals surface area (Å²) in [5, 5.41) is 4.05. The van der Waals surface area contributed by atoms with Crippen LogP contribution in [0.1, 0.15) is 35.5 Å². The predicted octanol–water partition coefficient (Wildman–Crippen LogP) is 5.37. The van der Waals surface area contributed by atoms with Crippen molar-refractivity contribution in [1.82, 2.24) is 9.88 Å². The van der Waals surface area contributed by atoms with Gasteiger partial charge in [-0.25, -0.2) is 4.39 Å². The van der Waals surface area contributed by atoms with Gasteiger partial charge in [0.25, 0.3) is 0 Å². The Morgan fingerprint density at radius 1 is 1.03 bits per heavy atom. The maximum Gasteiger partial charge on any atom is 0.220 e. The average Bonchev–Trinajstić information content (AvgIpc) is 3.32. The van der Waals surface area contributed by atoms with Gasteiger partial charge < -0.3 is 14.3 Å². The smallest absolute Gasteiger partial charge is 0.220 e. The largest absolute Gasteiger partial charge is 0.465 e. The minimum Gasteiger partial charge on any atom is -0.465 e. The highest BCUT2D eigenvalue weighted by atomic mass is 19.1. The molecule has 0 radical (unpaired) electrons. The highest BCUT2D eigenvalue weighted by molar-refractivity contribution is 5.84. The fraction of sp³-hybridized carbons (Fsp3) is 0.240. The highest BCUT2D eigenvalue weighted by Gasteiger charge is 2.11. The zero-order valence-corrected chi connectivity index (χ0v) is 17.0. The fourth-order valence-corrected chi connectivity index (χ4v) is 3.76. The number of carbonyl (C=O) groups excluding carboxylic acids is 1. The van der Waals surface area contributed by atoms with Crippen molar-refractivity contribution < 1.29 is 13.6 Å². The normalized spacial score (nSPS) is 11.1. The first-order valence-corrected chi connectivity index (χ1v) is 10.2. The molecule has 154 valence electrons. The summed E-state index contributed by atoms with van der Waals surface area (Å²) in [5.74, 6) is 1.42. The highest BCUT2D eigenvalue weighted by Crippen LogP contribution is 2.24. The third-order valence-electron chi connectivity index (χ3n) is 5.28. The van der Waals surface area contributed by atoms with Crippen molar-refractivity contribution in [3.05, 3.63) is 95.3 Å². The summed E-state index contributed by atoms with van der Waals surface area (Å²) in [7, 11) is 0. The third-order valence-corrected chi connectivity index (χ3v) is 5.28. The molecule has 0 aliphatic heterocycles. The molecule has 0 aliphatic rings. The number of furan rings is 1. The SMILES string of the molecule is Cc1ccc(CNC(=O)CCCc2cn(Cc3ccccc3F)c3ccccc23)o1. The van der Waals surface area contributed by atoms with Gasteiger partial charge in [0.2, 0.25) is 5.91 Å². The van der Waals surface area contributed by atoms with E-state index in [0.29, 0.717) is 25.1 Å². The topological polar surface area (TPSA) is 47.2 Å². The number of carbonyl (C=O) groups is 1. The summed E-state index contributed by atoms with van der Waals surface area (Å²) in [6.07, 6.45) is 4.07. The van der Waals surface area contributed by atoms with Gasteiger partial charge >= 0.3 is 0 Å². The van der Waals surface area contributed by atoms with Crippen LogP contribution in [-0.2, 0) is 24.3 Å². The predicted molar refractivity (Wildman–Crippen MR) is 116 cm³/mol. The molecule has 0 unspecified atom stereocenters. The Kier molecular flexibility index (Phi) is 5.98. The van der Waals surface area contributed by atoms with Crippen LogP contribution in [0.2, 0.25) is 0 Å². The van der Waals surface area contributed by atoms with E-state index >= 15 is 0 Å². The molecular formula is C25H25FN2O2. The summed E-state index contributed by atoms with van der Waals surface area (Å²) < 4.78 is 21.7. The summed E-state index contributed by atoms with van der Waals surface area (Å²) in [4.78, 5) is 12.2. The summed E-state index contributed by atoms with van der Waals surface area (Å²) in [6.45, 7) is 2.78. The molecule has 1 amide bonds. The van der Waals surface area contributed by atoms with Crippen LogP contribution >= 0.6 is 0 Å². The average molecular weight is 404 g/mol. The Hall–Kier alpha value is -3.34. The molecule has 4 rings (SSSR count). The van der Waals surface area contributed by atoms with Crippen LogP contribution in [-0.4, -0.2) is 10.5 Å². The molecule has 2 heterocycles. The van der Waals surface area contributed by atoms with E-state index in [2.05, 4.69) is 28.2 Å². The monoisotopic (exact) mass is 404 g/mol. The van der Waals surface area contributed by atoms with Crippen molar-refractivity contribution in [2.75, 3.05) is 0 Å². The van der Waals surface area contributed by atoms with E-state index in [0.717, 1.165) is 35.3 Å². The van der Waals surface area contributed by atoms with Crippen molar-refractivity contribution in [3.63, 3.8) is 0 Å². The maximum absolute atomic E-state index is 14.1. The van der Waals surface area contributed by atoms with Gasteiger partial charge in [0, 0.05) is 29.1 Å². The number of nitrogens with one attached hydrogen (secondary N) is 1. The van der Waals surface area contributed by atoms with Gasteiger partial charge in [-0.05, 0) is 49.6 Å². The van der Waals surface area contributed by atoms with Gasteiger partial charge in [-0.2, -0.15) is 0 Å². The molecule has 0 aliphatic carbocycles. The molecule has 5 heteroatoms. The minimum absolute atomic E-state index is 0.0131. The molecule has 4 aromatic rings. The molecule has 0 atom stereocenters. The van der Waals surface area contributed by atoms with Crippen LogP contribution in [0.25, 0.3) is 10.9 Å². The Morgan fingerprint density at radius 3 is 2.63 bits per heavy atom. The number of rotatable bonds is 8. The first-order chi connectivity index (χ1) is 14.6. The van der Waals surface area contributed by atoms with E-state index < -0.39 is 0 Å². The Balaban J connectivity index is 1.39. The van der Waals surface area contributed by atoms with Crippen molar-refractivity contribution >= 4 is 16.8 Å². The van der Waals surface area contributed by atoms with Crippen molar-refractivity contribution in [1.29, 1.82) is 0 Å². The third kappa shape index (κ3) is 4.62. The lowest BCUT2D eigenvalue weighted by atomic mass is 10.1. The number of nitrogens with zero attached hydrogens (tertiary/aromatic N) is 1. The van der Waals surface area contributed by atoms with E-state index in [-0.39, 0.29) is 11.7 Å². The van der Waals surface area contributed by atoms with Crippen LogP contribution in [0.3, 0.4) is 0 Å². The molecule has 4 nitrogen and oxygen atoms in total. The molecule has 0 bridgehead atoms. The summed E-state index contributed by atoms with van der Waals surface area (Å²) in [5.41, 5.74) is 2.92. The number of hydrogen-bond acceptors (Lipinski definition) is 2. The summed E-state index contributed by atoms with van der Waals surface area (Å²) in [6, 6.07) is 18.8. The molecule has 2 aromatic heterocycles. The van der Waals surface area contributed by atoms with E-state index in [9.17, 15) is 9.18 Å². The van der Waals surface area contributed by atoms with Gasteiger partial charge in [0.1, 0.15) is 17.3 Å². The van der Waals surface area contributed by atoms with E-state index in [1.54, 1.807) is 6.07 Å². The lowest BCUT2D eigenvalue weighted by Gasteiger charge is -2.06. The van der Waals surface area contributed by atoms with Gasteiger partial charge in [-0.1, -0.05) is 36.4 Å². The number of halogens is 1. The number of amides is 1. The second-order valence-electron chi connectivity index (χ2n) is 7.53. The van der Waals surface area contributed by atoms with E-state index in [1.807, 2.05) is 43.3 Å². The lowest BCUT2D eigenvalue weighted by molar-refractivity contribution is -0.121. The van der Waals surface area contributed by atoms with Gasteiger partial charge in [0.15, 0.2) is 0 Å². The van der Waals surface area contributed by atoms with Gasteiger partial charge in [0.05, 0.1) is 13.1 Å². The molecular weight excluding hydrogens is 379 g/mol. The summed E-state index contributed by atoms with van der Waals surface area (Å²) >= 11 is 0. The second-order valence-corrected chi connectivity index (χ2v) is 7.53. The molecule has 0 spiro atoms. The van der Waals surface area contributed by atoms with Crippen LogP contribution in [0.15, 0.2) is 71.3 Å². The van der Waals surface area contributed by atoms with Crippen LogP contribution in [0.4, 0.5) is 4.39 Å². The number of fused-ring (bicyclic) bond motifs is 1. The molecule has 0 saturated heterocycles. The number of aromatic nitrogens is 1. The zero-order valence-electron chi connectivity index (χ0n) is 17.0. The number of para-hydroxylation sites is 1. The Bertz CT molecular complexity index is 1160. The molecule has 30 heavy (non-hydrogen) atoms. The number of benzene rings is 2. The van der Waals surface area contributed by atoms with Crippen molar-refractivity contribution in [2.24, 2.45) is 0 Å². The number of aryl methyl sites for hydroxylation is 2. The first-order valence-electron chi connectivity index (χ1n) is 10.2. The first kappa shape index (κ1) is 20.0. The Morgan fingerprint density at radius 2 is 1.83 bits per heavy atom.